The van der Waals surface area contributed by atoms with E-state index in [-0.39, 0.29) is 0 Å². The smallest absolute Gasteiger partial charge is 0.160 e. The molecule has 0 spiro atoms. The molecule has 0 amide bonds. The normalized spacial score (nSPS) is 11.4. The van der Waals surface area contributed by atoms with Crippen LogP contribution in [0, 0.1) is 6.92 Å². The zero-order chi connectivity index (χ0) is 28.4. The molecule has 5 heteroatoms. The van der Waals surface area contributed by atoms with Gasteiger partial charge in [0.15, 0.2) is 5.65 Å². The fourth-order valence-corrected chi connectivity index (χ4v) is 6.04. The number of aryl methyl sites for hydroxylation is 1. The minimum atomic E-state index is -0.689. The lowest BCUT2D eigenvalue weighted by atomic mass is 9.76. The summed E-state index contributed by atoms with van der Waals surface area (Å²) in [7, 11) is 0. The van der Waals surface area contributed by atoms with Gasteiger partial charge in [-0.1, -0.05) is 117 Å². The van der Waals surface area contributed by atoms with Crippen molar-refractivity contribution in [2.75, 3.05) is 0 Å². The van der Waals surface area contributed by atoms with Gasteiger partial charge in [-0.25, -0.2) is 9.97 Å². The minimum Gasteiger partial charge on any atom is -0.354 e. The quantitative estimate of drug-likeness (QED) is 0.200. The third-order valence-corrected chi connectivity index (χ3v) is 7.85. The Morgan fingerprint density at radius 1 is 0.732 bits per heavy atom. The molecule has 1 N–H and O–H groups in total. The summed E-state index contributed by atoms with van der Waals surface area (Å²) in [6, 6.07) is 40.7. The number of benzene rings is 4. The summed E-state index contributed by atoms with van der Waals surface area (Å²) in [4.78, 5) is 13.6. The Kier molecular flexibility index (Phi) is 7.29. The highest BCUT2D eigenvalue weighted by Gasteiger charge is 2.40. The highest BCUT2D eigenvalue weighted by atomic mass is 79.9. The largest absolute Gasteiger partial charge is 0.354 e. The van der Waals surface area contributed by atoms with E-state index in [0.29, 0.717) is 4.60 Å². The number of nitrogens with one attached hydrogen (secondary N) is 1. The molecular formula is C36H31BrN4. The topological polar surface area (TPSA) is 46.5 Å². The van der Waals surface area contributed by atoms with Crippen molar-refractivity contribution in [1.29, 1.82) is 0 Å². The number of aromatic amines is 1. The van der Waals surface area contributed by atoms with E-state index in [9.17, 15) is 0 Å². The lowest BCUT2D eigenvalue weighted by Gasteiger charge is -2.38. The van der Waals surface area contributed by atoms with Gasteiger partial charge in [0.2, 0.25) is 0 Å². The number of hydrogen-bond donors (Lipinski definition) is 1. The predicted molar refractivity (Wildman–Crippen MR) is 173 cm³/mol. The van der Waals surface area contributed by atoms with Crippen molar-refractivity contribution < 1.29 is 0 Å². The Morgan fingerprint density at radius 2 is 1.29 bits per heavy atom. The number of fused-ring (bicyclic) bond motifs is 2. The highest BCUT2D eigenvalue weighted by molar-refractivity contribution is 9.10. The van der Waals surface area contributed by atoms with Crippen molar-refractivity contribution in [3.8, 4) is 11.3 Å². The molecule has 202 valence electrons. The number of aromatic nitrogens is 4. The van der Waals surface area contributed by atoms with Gasteiger partial charge in [-0.05, 0) is 57.2 Å². The SMILES string of the molecule is CC.Cc1ccc2cc(-c3cn(C(c4ccccc4)(c4ccccc4)c4ccccc4)c4ncc(Br)nc34)[nH]c2c1. The molecule has 3 aromatic heterocycles. The van der Waals surface area contributed by atoms with E-state index in [4.69, 9.17) is 9.97 Å². The molecule has 7 rings (SSSR count). The Morgan fingerprint density at radius 3 is 1.85 bits per heavy atom. The number of halogens is 1. The molecule has 41 heavy (non-hydrogen) atoms. The van der Waals surface area contributed by atoms with Gasteiger partial charge in [-0.2, -0.15) is 0 Å². The van der Waals surface area contributed by atoms with Crippen molar-refractivity contribution in [2.45, 2.75) is 26.3 Å². The van der Waals surface area contributed by atoms with Crippen LogP contribution in [-0.2, 0) is 5.54 Å². The molecule has 0 radical (unpaired) electrons. The average molecular weight is 600 g/mol. The van der Waals surface area contributed by atoms with Gasteiger partial charge in [-0.15, -0.1) is 0 Å². The maximum Gasteiger partial charge on any atom is 0.160 e. The van der Waals surface area contributed by atoms with Crippen molar-refractivity contribution in [1.82, 2.24) is 19.5 Å². The lowest BCUT2D eigenvalue weighted by molar-refractivity contribution is 0.530. The molecule has 0 atom stereocenters. The number of H-pyrrole nitrogens is 1. The monoisotopic (exact) mass is 598 g/mol. The van der Waals surface area contributed by atoms with E-state index in [2.05, 4.69) is 154 Å². The first-order chi connectivity index (χ1) is 20.1. The Labute approximate surface area is 248 Å². The number of nitrogens with zero attached hydrogens (tertiary/aromatic N) is 3. The van der Waals surface area contributed by atoms with Gasteiger partial charge in [0.1, 0.15) is 15.7 Å². The van der Waals surface area contributed by atoms with Crippen LogP contribution in [0.1, 0.15) is 36.1 Å². The summed E-state index contributed by atoms with van der Waals surface area (Å²) < 4.78 is 3.00. The molecule has 0 bridgehead atoms. The fraction of sp³-hybridized carbons (Fsp3) is 0.111. The minimum absolute atomic E-state index is 0.689. The molecule has 3 heterocycles. The second-order valence-corrected chi connectivity index (χ2v) is 10.7. The van der Waals surface area contributed by atoms with E-state index in [0.717, 1.165) is 44.6 Å². The second kappa shape index (κ2) is 11.2. The van der Waals surface area contributed by atoms with Crippen LogP contribution >= 0.6 is 15.9 Å². The van der Waals surface area contributed by atoms with Crippen LogP contribution in [0.25, 0.3) is 33.3 Å². The summed E-state index contributed by atoms with van der Waals surface area (Å²) in [5.74, 6) is 0. The van der Waals surface area contributed by atoms with Crippen LogP contribution in [0.2, 0.25) is 0 Å². The van der Waals surface area contributed by atoms with Crippen LogP contribution in [-0.4, -0.2) is 19.5 Å². The van der Waals surface area contributed by atoms with Gasteiger partial charge in [0.05, 0.1) is 11.9 Å². The van der Waals surface area contributed by atoms with E-state index in [1.165, 1.54) is 10.9 Å². The molecule has 0 aliphatic heterocycles. The molecule has 4 nitrogen and oxygen atoms in total. The predicted octanol–water partition coefficient (Wildman–Crippen LogP) is 9.52. The van der Waals surface area contributed by atoms with Gasteiger partial charge in [0, 0.05) is 22.7 Å². The maximum atomic E-state index is 4.98. The molecule has 0 aliphatic carbocycles. The van der Waals surface area contributed by atoms with E-state index in [1.54, 1.807) is 6.20 Å². The summed E-state index contributed by atoms with van der Waals surface area (Å²) in [6.45, 7) is 6.11. The van der Waals surface area contributed by atoms with Crippen LogP contribution in [0.4, 0.5) is 0 Å². The van der Waals surface area contributed by atoms with Gasteiger partial charge in [0.25, 0.3) is 0 Å². The molecule has 0 saturated heterocycles. The van der Waals surface area contributed by atoms with Crippen molar-refractivity contribution in [2.24, 2.45) is 0 Å². The van der Waals surface area contributed by atoms with E-state index >= 15 is 0 Å². The molecule has 4 aromatic carbocycles. The molecule has 0 saturated carbocycles. The number of rotatable bonds is 5. The summed E-state index contributed by atoms with van der Waals surface area (Å²) in [5.41, 5.74) is 8.71. The molecule has 0 fully saturated rings. The van der Waals surface area contributed by atoms with Crippen LogP contribution in [0.5, 0.6) is 0 Å². The summed E-state index contributed by atoms with van der Waals surface area (Å²) in [6.07, 6.45) is 3.99. The van der Waals surface area contributed by atoms with Gasteiger partial charge in [-0.3, -0.25) is 0 Å². The zero-order valence-corrected chi connectivity index (χ0v) is 24.9. The standard InChI is InChI=1S/C34H25BrN4.C2H6/c1-23-17-18-24-20-30(37-29(24)19-23)28-22-39(33-32(28)38-31(35)21-36-33)34(25-11-5-2-6-12-25,26-13-7-3-8-14-26)27-15-9-4-10-16-27;1-2/h2-22,37H,1H3;1-2H3. The Hall–Kier alpha value is -4.48. The highest BCUT2D eigenvalue weighted by Crippen LogP contribution is 2.44. The second-order valence-electron chi connectivity index (χ2n) is 9.86. The Bertz CT molecular complexity index is 1830. The lowest BCUT2D eigenvalue weighted by Crippen LogP contribution is -2.37. The fourth-order valence-electron chi connectivity index (χ4n) is 5.76. The maximum absolute atomic E-state index is 4.98. The third-order valence-electron chi connectivity index (χ3n) is 7.47. The van der Waals surface area contributed by atoms with E-state index < -0.39 is 5.54 Å². The molecular weight excluding hydrogens is 568 g/mol. The van der Waals surface area contributed by atoms with Crippen molar-refractivity contribution >= 4 is 38.0 Å². The van der Waals surface area contributed by atoms with Gasteiger partial charge < -0.3 is 9.55 Å². The van der Waals surface area contributed by atoms with Crippen LogP contribution in [0.15, 0.2) is 132 Å². The first kappa shape index (κ1) is 26.7. The first-order valence-electron chi connectivity index (χ1n) is 13.9. The average Bonchev–Trinajstić information content (AvgIpc) is 3.61. The molecule has 7 aromatic rings. The van der Waals surface area contributed by atoms with E-state index in [1.807, 2.05) is 13.8 Å². The van der Waals surface area contributed by atoms with Crippen LogP contribution < -0.4 is 0 Å². The zero-order valence-electron chi connectivity index (χ0n) is 23.3. The van der Waals surface area contributed by atoms with Gasteiger partial charge >= 0.3 is 0 Å². The van der Waals surface area contributed by atoms with Crippen LogP contribution in [0.3, 0.4) is 0 Å². The third kappa shape index (κ3) is 4.56. The molecule has 0 unspecified atom stereocenters. The van der Waals surface area contributed by atoms with Crippen molar-refractivity contribution in [3.63, 3.8) is 0 Å². The summed E-state index contributed by atoms with van der Waals surface area (Å²) in [5, 5.41) is 1.17. The Balaban J connectivity index is 0.00000148. The molecule has 0 aliphatic rings. The van der Waals surface area contributed by atoms with Crippen molar-refractivity contribution in [3.05, 3.63) is 155 Å². The number of hydrogen-bond acceptors (Lipinski definition) is 2. The first-order valence-corrected chi connectivity index (χ1v) is 14.7. The summed E-state index contributed by atoms with van der Waals surface area (Å²) >= 11 is 3.58.